The van der Waals surface area contributed by atoms with Crippen molar-refractivity contribution in [1.82, 2.24) is 14.6 Å². The maximum absolute atomic E-state index is 12.4. The number of thiazole rings is 1. The van der Waals surface area contributed by atoms with Crippen LogP contribution >= 0.6 is 22.9 Å². The van der Waals surface area contributed by atoms with Crippen molar-refractivity contribution in [2.75, 3.05) is 0 Å². The number of Topliss-reactive ketones (excluding diaryl/α,β-unsaturated/α-hetero) is 1. The van der Waals surface area contributed by atoms with Gasteiger partial charge in [0, 0.05) is 22.7 Å². The maximum Gasteiger partial charge on any atom is 0.217 e. The van der Waals surface area contributed by atoms with Crippen LogP contribution in [0.5, 0.6) is 0 Å². The molecule has 3 aromatic rings. The summed E-state index contributed by atoms with van der Waals surface area (Å²) in [6.45, 7) is 4.26. The Morgan fingerprint density at radius 3 is 2.64 bits per heavy atom. The van der Waals surface area contributed by atoms with Crippen molar-refractivity contribution < 1.29 is 4.79 Å². The number of carbonyl (C=O) groups excluding carboxylic acids is 1. The Kier molecular flexibility index (Phi) is 2.93. The Balaban J connectivity index is 1.96. The summed E-state index contributed by atoms with van der Waals surface area (Å²) >= 11 is 7.40. The molecule has 0 N–H and O–H groups in total. The molecule has 2 heterocycles. The van der Waals surface area contributed by atoms with E-state index in [4.69, 9.17) is 11.6 Å². The van der Waals surface area contributed by atoms with Gasteiger partial charge in [-0.2, -0.15) is 0 Å². The molecule has 4 rings (SSSR count). The minimum atomic E-state index is -0.0282. The molecule has 2 aromatic heterocycles. The van der Waals surface area contributed by atoms with Gasteiger partial charge >= 0.3 is 0 Å². The SMILES string of the molecule is CC1(C)CC(=O)c2sc3nnc(-c4ccc(Cl)cc4)n3c2C1. The van der Waals surface area contributed by atoms with E-state index in [0.29, 0.717) is 11.4 Å². The maximum atomic E-state index is 12.4. The molecule has 0 bridgehead atoms. The number of hydrogen-bond donors (Lipinski definition) is 0. The molecule has 0 atom stereocenters. The lowest BCUT2D eigenvalue weighted by Crippen LogP contribution is -2.26. The number of hydrogen-bond acceptors (Lipinski definition) is 4. The van der Waals surface area contributed by atoms with Gasteiger partial charge in [-0.15, -0.1) is 10.2 Å². The monoisotopic (exact) mass is 331 g/mol. The van der Waals surface area contributed by atoms with Crippen LogP contribution < -0.4 is 0 Å². The highest BCUT2D eigenvalue weighted by Gasteiger charge is 2.35. The fourth-order valence-corrected chi connectivity index (χ4v) is 4.17. The number of benzene rings is 1. The molecule has 0 saturated heterocycles. The molecular formula is C16H14ClN3OS. The van der Waals surface area contributed by atoms with E-state index in [1.807, 2.05) is 28.7 Å². The number of fused-ring (bicyclic) bond motifs is 3. The van der Waals surface area contributed by atoms with Crippen LogP contribution in [-0.4, -0.2) is 20.4 Å². The third-order valence-electron chi connectivity index (χ3n) is 4.00. The number of halogens is 1. The summed E-state index contributed by atoms with van der Waals surface area (Å²) in [5.41, 5.74) is 1.96. The smallest absolute Gasteiger partial charge is 0.217 e. The third kappa shape index (κ3) is 2.08. The molecule has 0 fully saturated rings. The van der Waals surface area contributed by atoms with Crippen molar-refractivity contribution >= 4 is 33.7 Å². The topological polar surface area (TPSA) is 47.3 Å². The van der Waals surface area contributed by atoms with Crippen LogP contribution in [0.25, 0.3) is 16.3 Å². The molecule has 6 heteroatoms. The van der Waals surface area contributed by atoms with E-state index in [1.165, 1.54) is 11.3 Å². The Bertz CT molecular complexity index is 892. The van der Waals surface area contributed by atoms with Crippen LogP contribution in [0.2, 0.25) is 5.02 Å². The highest BCUT2D eigenvalue weighted by Crippen LogP contribution is 2.39. The molecule has 0 spiro atoms. The minimum Gasteiger partial charge on any atom is -0.293 e. The van der Waals surface area contributed by atoms with Gasteiger partial charge in [0.05, 0.1) is 4.88 Å². The van der Waals surface area contributed by atoms with Crippen molar-refractivity contribution in [1.29, 1.82) is 0 Å². The Hall–Kier alpha value is -1.72. The molecule has 0 amide bonds. The standard InChI is InChI=1S/C16H14ClN3OS/c1-16(2)7-11-13(12(21)8-16)22-15-19-18-14(20(11)15)9-3-5-10(17)6-4-9/h3-6H,7-8H2,1-2H3. The summed E-state index contributed by atoms with van der Waals surface area (Å²) in [7, 11) is 0. The molecular weight excluding hydrogens is 318 g/mol. The van der Waals surface area contributed by atoms with Crippen LogP contribution in [0.3, 0.4) is 0 Å². The highest BCUT2D eigenvalue weighted by atomic mass is 35.5. The lowest BCUT2D eigenvalue weighted by Gasteiger charge is -2.28. The van der Waals surface area contributed by atoms with Crippen molar-refractivity contribution in [2.45, 2.75) is 26.7 Å². The van der Waals surface area contributed by atoms with E-state index in [2.05, 4.69) is 24.0 Å². The van der Waals surface area contributed by atoms with Crippen LogP contribution in [0.15, 0.2) is 24.3 Å². The summed E-state index contributed by atoms with van der Waals surface area (Å²) in [5, 5.41) is 9.24. The zero-order valence-electron chi connectivity index (χ0n) is 12.3. The average molecular weight is 332 g/mol. The van der Waals surface area contributed by atoms with Gasteiger partial charge in [-0.1, -0.05) is 36.8 Å². The lowest BCUT2D eigenvalue weighted by molar-refractivity contribution is 0.0915. The van der Waals surface area contributed by atoms with Crippen LogP contribution in [0.1, 0.15) is 35.6 Å². The van der Waals surface area contributed by atoms with Gasteiger partial charge in [0.15, 0.2) is 11.6 Å². The average Bonchev–Trinajstić information content (AvgIpc) is 2.99. The quantitative estimate of drug-likeness (QED) is 0.669. The molecule has 1 aliphatic carbocycles. The number of rotatable bonds is 1. The van der Waals surface area contributed by atoms with Crippen molar-refractivity contribution in [2.24, 2.45) is 5.41 Å². The van der Waals surface area contributed by atoms with Crippen LogP contribution in [0, 0.1) is 5.41 Å². The number of aromatic nitrogens is 3. The van der Waals surface area contributed by atoms with E-state index in [9.17, 15) is 4.79 Å². The van der Waals surface area contributed by atoms with E-state index < -0.39 is 0 Å². The van der Waals surface area contributed by atoms with Gasteiger partial charge in [-0.25, -0.2) is 0 Å². The molecule has 1 aliphatic rings. The molecule has 0 radical (unpaired) electrons. The predicted octanol–water partition coefficient (Wildman–Crippen LogP) is 4.27. The first-order valence-corrected chi connectivity index (χ1v) is 8.30. The van der Waals surface area contributed by atoms with Crippen LogP contribution in [0.4, 0.5) is 0 Å². The molecule has 22 heavy (non-hydrogen) atoms. The number of nitrogens with zero attached hydrogens (tertiary/aromatic N) is 3. The summed E-state index contributed by atoms with van der Waals surface area (Å²) in [4.78, 5) is 14.0. The summed E-state index contributed by atoms with van der Waals surface area (Å²) in [6, 6.07) is 7.54. The van der Waals surface area contributed by atoms with Crippen LogP contribution in [-0.2, 0) is 6.42 Å². The van der Waals surface area contributed by atoms with Gasteiger partial charge in [0.1, 0.15) is 0 Å². The fraction of sp³-hybridized carbons (Fsp3) is 0.312. The first-order chi connectivity index (χ1) is 10.4. The number of ketones is 1. The Labute approximate surface area is 136 Å². The highest BCUT2D eigenvalue weighted by molar-refractivity contribution is 7.19. The predicted molar refractivity (Wildman–Crippen MR) is 87.7 cm³/mol. The molecule has 1 aromatic carbocycles. The molecule has 0 aliphatic heterocycles. The first kappa shape index (κ1) is 13.9. The van der Waals surface area contributed by atoms with Crippen molar-refractivity contribution in [3.63, 3.8) is 0 Å². The van der Waals surface area contributed by atoms with Gasteiger partial charge in [-0.05, 0) is 36.1 Å². The molecule has 0 unspecified atom stereocenters. The second-order valence-corrected chi connectivity index (χ2v) is 7.88. The Morgan fingerprint density at radius 1 is 1.18 bits per heavy atom. The minimum absolute atomic E-state index is 0.0282. The number of carbonyl (C=O) groups is 1. The summed E-state index contributed by atoms with van der Waals surface area (Å²) in [5.74, 6) is 0.985. The summed E-state index contributed by atoms with van der Waals surface area (Å²) < 4.78 is 2.03. The fourth-order valence-electron chi connectivity index (χ4n) is 3.02. The van der Waals surface area contributed by atoms with Gasteiger partial charge in [0.25, 0.3) is 0 Å². The third-order valence-corrected chi connectivity index (χ3v) is 5.37. The van der Waals surface area contributed by atoms with Gasteiger partial charge in [0.2, 0.25) is 4.96 Å². The van der Waals surface area contributed by atoms with E-state index in [0.717, 1.165) is 33.3 Å². The van der Waals surface area contributed by atoms with Crippen molar-refractivity contribution in [3.05, 3.63) is 39.9 Å². The van der Waals surface area contributed by atoms with E-state index in [-0.39, 0.29) is 11.2 Å². The zero-order chi connectivity index (χ0) is 15.5. The zero-order valence-corrected chi connectivity index (χ0v) is 13.8. The second kappa shape index (κ2) is 4.64. The largest absolute Gasteiger partial charge is 0.293 e. The molecule has 112 valence electrons. The van der Waals surface area contributed by atoms with Gasteiger partial charge < -0.3 is 0 Å². The molecule has 0 saturated carbocycles. The normalized spacial score (nSPS) is 17.0. The first-order valence-electron chi connectivity index (χ1n) is 7.10. The van der Waals surface area contributed by atoms with E-state index in [1.54, 1.807) is 0 Å². The second-order valence-electron chi connectivity index (χ2n) is 6.47. The Morgan fingerprint density at radius 2 is 1.91 bits per heavy atom. The molecule has 4 nitrogen and oxygen atoms in total. The van der Waals surface area contributed by atoms with Gasteiger partial charge in [-0.3, -0.25) is 9.20 Å². The van der Waals surface area contributed by atoms with E-state index >= 15 is 0 Å². The lowest BCUT2D eigenvalue weighted by atomic mass is 9.78. The summed E-state index contributed by atoms with van der Waals surface area (Å²) in [6.07, 6.45) is 1.44. The van der Waals surface area contributed by atoms with Crippen molar-refractivity contribution in [3.8, 4) is 11.4 Å².